The Labute approximate surface area is 133 Å². The molecule has 9 nitrogen and oxygen atoms in total. The van der Waals surface area contributed by atoms with Gasteiger partial charge in [-0.3, -0.25) is 5.32 Å². The highest BCUT2D eigenvalue weighted by Crippen LogP contribution is 2.28. The number of hydrogen-bond donors (Lipinski definition) is 2. The zero-order valence-electron chi connectivity index (χ0n) is 13.1. The molecule has 1 unspecified atom stereocenters. The zero-order valence-corrected chi connectivity index (χ0v) is 13.9. The molecule has 1 aliphatic heterocycles. The van der Waals surface area contributed by atoms with Crippen molar-refractivity contribution in [2.24, 2.45) is 0 Å². The number of carboxylic acids is 1. The summed E-state index contributed by atoms with van der Waals surface area (Å²) in [5, 5.41) is 15.5. The number of aromatic nitrogens is 2. The lowest BCUT2D eigenvalue weighted by molar-refractivity contribution is 0.0634. The van der Waals surface area contributed by atoms with E-state index < -0.39 is 33.5 Å². The number of hydrogen-bond acceptors (Lipinski definition) is 6. The van der Waals surface area contributed by atoms with E-state index in [1.807, 2.05) is 0 Å². The highest BCUT2D eigenvalue weighted by Gasteiger charge is 2.33. The summed E-state index contributed by atoms with van der Waals surface area (Å²) in [6.07, 6.45) is 0.564. The third-order valence-electron chi connectivity index (χ3n) is 3.20. The first kappa shape index (κ1) is 17.3. The van der Waals surface area contributed by atoms with Gasteiger partial charge in [0.1, 0.15) is 17.0 Å². The van der Waals surface area contributed by atoms with Gasteiger partial charge in [-0.2, -0.15) is 5.10 Å². The molecule has 1 aliphatic rings. The van der Waals surface area contributed by atoms with Crippen molar-refractivity contribution >= 4 is 27.7 Å². The lowest BCUT2D eigenvalue weighted by Gasteiger charge is -2.21. The summed E-state index contributed by atoms with van der Waals surface area (Å²) < 4.78 is 29.5. The first-order chi connectivity index (χ1) is 10.5. The normalized spacial score (nSPS) is 20.2. The molecule has 1 aromatic heterocycles. The molecular weight excluding hydrogens is 326 g/mol. The van der Waals surface area contributed by atoms with Gasteiger partial charge in [-0.25, -0.2) is 22.7 Å². The van der Waals surface area contributed by atoms with E-state index in [2.05, 4.69) is 10.4 Å². The standard InChI is InChI=1S/C13H19N3O6S/c1-13(2,3)22-12(19)15-10-9(11(17)18)6-14-16(10)8-4-5-23(20,21)7-8/h6,8H,4-5,7H2,1-3H3,(H,15,19)(H,17,18). The van der Waals surface area contributed by atoms with E-state index in [9.17, 15) is 23.1 Å². The van der Waals surface area contributed by atoms with Crippen LogP contribution in [0.2, 0.25) is 0 Å². The summed E-state index contributed by atoms with van der Waals surface area (Å²) in [5.41, 5.74) is -0.977. The van der Waals surface area contributed by atoms with Gasteiger partial charge < -0.3 is 9.84 Å². The van der Waals surface area contributed by atoms with E-state index in [1.54, 1.807) is 20.8 Å². The fraction of sp³-hybridized carbons (Fsp3) is 0.615. The Bertz CT molecular complexity index is 731. The molecule has 0 spiro atoms. The van der Waals surface area contributed by atoms with Crippen LogP contribution in [0.3, 0.4) is 0 Å². The number of anilines is 1. The summed E-state index contributed by atoms with van der Waals surface area (Å²) in [6.45, 7) is 5.02. The Morgan fingerprint density at radius 1 is 1.43 bits per heavy atom. The van der Waals surface area contributed by atoms with Crippen LogP contribution in [-0.4, -0.2) is 52.5 Å². The molecule has 2 heterocycles. The predicted octanol–water partition coefficient (Wildman–Crippen LogP) is 1.29. The molecule has 1 fully saturated rings. The summed E-state index contributed by atoms with van der Waals surface area (Å²) in [5.74, 6) is -1.49. The van der Waals surface area contributed by atoms with Gasteiger partial charge in [-0.1, -0.05) is 0 Å². The van der Waals surface area contributed by atoms with Crippen LogP contribution in [0.4, 0.5) is 10.6 Å². The van der Waals surface area contributed by atoms with Crippen LogP contribution >= 0.6 is 0 Å². The van der Waals surface area contributed by atoms with E-state index in [4.69, 9.17) is 4.74 Å². The van der Waals surface area contributed by atoms with Crippen LogP contribution in [0.25, 0.3) is 0 Å². The second-order valence-corrected chi connectivity index (χ2v) is 8.57. The van der Waals surface area contributed by atoms with E-state index in [0.29, 0.717) is 6.42 Å². The number of sulfone groups is 1. The Morgan fingerprint density at radius 3 is 2.57 bits per heavy atom. The number of carboxylic acid groups (broad SMARTS) is 1. The van der Waals surface area contributed by atoms with Crippen molar-refractivity contribution in [3.05, 3.63) is 11.8 Å². The Morgan fingerprint density at radius 2 is 2.09 bits per heavy atom. The maximum absolute atomic E-state index is 11.9. The quantitative estimate of drug-likeness (QED) is 0.844. The minimum atomic E-state index is -3.18. The number of carbonyl (C=O) groups is 2. The highest BCUT2D eigenvalue weighted by molar-refractivity contribution is 7.91. The number of amides is 1. The summed E-state index contributed by atoms with van der Waals surface area (Å²) >= 11 is 0. The average molecular weight is 345 g/mol. The molecule has 0 bridgehead atoms. The van der Waals surface area contributed by atoms with Crippen molar-refractivity contribution < 1.29 is 27.9 Å². The lowest BCUT2D eigenvalue weighted by atomic mass is 10.2. The zero-order chi connectivity index (χ0) is 17.4. The van der Waals surface area contributed by atoms with Crippen LogP contribution in [0.5, 0.6) is 0 Å². The topological polar surface area (TPSA) is 128 Å². The smallest absolute Gasteiger partial charge is 0.413 e. The Hall–Kier alpha value is -2.10. The number of aromatic carboxylic acids is 1. The third-order valence-corrected chi connectivity index (χ3v) is 4.95. The third kappa shape index (κ3) is 4.21. The average Bonchev–Trinajstić information content (AvgIpc) is 2.90. The van der Waals surface area contributed by atoms with E-state index in [1.165, 1.54) is 4.68 Å². The maximum atomic E-state index is 11.9. The molecule has 1 atom stereocenters. The molecule has 0 radical (unpaired) electrons. The molecule has 2 rings (SSSR count). The molecule has 1 amide bonds. The van der Waals surface area contributed by atoms with Gasteiger partial charge in [0.2, 0.25) is 0 Å². The lowest BCUT2D eigenvalue weighted by Crippen LogP contribution is -2.29. The summed E-state index contributed by atoms with van der Waals surface area (Å²) in [6, 6.07) is -0.516. The number of nitrogens with one attached hydrogen (secondary N) is 1. The molecule has 1 aromatic rings. The number of ether oxygens (including phenoxy) is 1. The van der Waals surface area contributed by atoms with Crippen LogP contribution < -0.4 is 5.32 Å². The SMILES string of the molecule is CC(C)(C)OC(=O)Nc1c(C(=O)O)cnn1C1CCS(=O)(=O)C1. The maximum Gasteiger partial charge on any atom is 0.413 e. The van der Waals surface area contributed by atoms with E-state index >= 15 is 0 Å². The van der Waals surface area contributed by atoms with Gasteiger partial charge in [0.15, 0.2) is 9.84 Å². The van der Waals surface area contributed by atoms with Crippen molar-refractivity contribution in [1.29, 1.82) is 0 Å². The molecular formula is C13H19N3O6S. The first-order valence-electron chi connectivity index (χ1n) is 7.00. The minimum Gasteiger partial charge on any atom is -0.477 e. The number of rotatable bonds is 3. The van der Waals surface area contributed by atoms with Crippen LogP contribution in [0.15, 0.2) is 6.20 Å². The highest BCUT2D eigenvalue weighted by atomic mass is 32.2. The van der Waals surface area contributed by atoms with E-state index in [0.717, 1.165) is 6.20 Å². The Kier molecular flexibility index (Phi) is 4.38. The van der Waals surface area contributed by atoms with Gasteiger partial charge in [0, 0.05) is 0 Å². The second-order valence-electron chi connectivity index (χ2n) is 6.34. The first-order valence-corrected chi connectivity index (χ1v) is 8.82. The largest absolute Gasteiger partial charge is 0.477 e. The van der Waals surface area contributed by atoms with Crippen molar-refractivity contribution in [3.63, 3.8) is 0 Å². The van der Waals surface area contributed by atoms with Crippen molar-refractivity contribution in [2.75, 3.05) is 16.8 Å². The molecule has 1 saturated heterocycles. The van der Waals surface area contributed by atoms with Crippen LogP contribution in [0, 0.1) is 0 Å². The summed E-state index contributed by atoms with van der Waals surface area (Å²) in [4.78, 5) is 23.2. The summed E-state index contributed by atoms with van der Waals surface area (Å²) in [7, 11) is -3.18. The fourth-order valence-electron chi connectivity index (χ4n) is 2.29. The minimum absolute atomic E-state index is 0.00576. The molecule has 23 heavy (non-hydrogen) atoms. The van der Waals surface area contributed by atoms with Gasteiger partial charge in [-0.15, -0.1) is 0 Å². The van der Waals surface area contributed by atoms with Gasteiger partial charge in [-0.05, 0) is 27.2 Å². The predicted molar refractivity (Wildman–Crippen MR) is 81.4 cm³/mol. The molecule has 128 valence electrons. The second kappa shape index (κ2) is 5.84. The van der Waals surface area contributed by atoms with Crippen molar-refractivity contribution in [1.82, 2.24) is 9.78 Å². The van der Waals surface area contributed by atoms with Crippen LogP contribution in [0.1, 0.15) is 43.6 Å². The Balaban J connectivity index is 2.31. The van der Waals surface area contributed by atoms with Crippen molar-refractivity contribution in [2.45, 2.75) is 38.8 Å². The van der Waals surface area contributed by atoms with E-state index in [-0.39, 0.29) is 22.9 Å². The molecule has 2 N–H and O–H groups in total. The van der Waals surface area contributed by atoms with Gasteiger partial charge >= 0.3 is 12.1 Å². The molecule has 0 saturated carbocycles. The van der Waals surface area contributed by atoms with Gasteiger partial charge in [0.25, 0.3) is 0 Å². The molecule has 0 aromatic carbocycles. The molecule has 0 aliphatic carbocycles. The fourth-order valence-corrected chi connectivity index (χ4v) is 3.98. The number of nitrogens with zero attached hydrogens (tertiary/aromatic N) is 2. The number of carbonyl (C=O) groups excluding carboxylic acids is 1. The van der Waals surface area contributed by atoms with Crippen molar-refractivity contribution in [3.8, 4) is 0 Å². The molecule has 10 heteroatoms. The van der Waals surface area contributed by atoms with Crippen LogP contribution in [-0.2, 0) is 14.6 Å². The van der Waals surface area contributed by atoms with Gasteiger partial charge in [0.05, 0.1) is 23.7 Å². The monoisotopic (exact) mass is 345 g/mol.